The van der Waals surface area contributed by atoms with Crippen LogP contribution >= 0.6 is 11.3 Å². The maximum absolute atomic E-state index is 12.9. The molecule has 2 aromatic heterocycles. The average molecular weight is 398 g/mol. The first kappa shape index (κ1) is 18.8. The number of aromatic nitrogens is 2. The highest BCUT2D eigenvalue weighted by molar-refractivity contribution is 7.13. The molecular formula is C20H22N4O3S. The van der Waals surface area contributed by atoms with Crippen molar-refractivity contribution in [2.75, 3.05) is 38.3 Å². The molecule has 0 unspecified atom stereocenters. The lowest BCUT2D eigenvalue weighted by Gasteiger charge is -2.24. The summed E-state index contributed by atoms with van der Waals surface area (Å²) in [5, 5.41) is 10.2. The van der Waals surface area contributed by atoms with Crippen LogP contribution in [0.5, 0.6) is 0 Å². The SMILES string of the molecule is COCCN(CC(=O)N1CCc2ccccc21)Cc1nnc(-c2cccs2)o1. The molecule has 3 aromatic rings. The van der Waals surface area contributed by atoms with Gasteiger partial charge in [0.2, 0.25) is 11.8 Å². The van der Waals surface area contributed by atoms with Crippen molar-refractivity contribution >= 4 is 22.9 Å². The van der Waals surface area contributed by atoms with Crippen molar-refractivity contribution in [3.05, 3.63) is 53.2 Å². The number of thiophene rings is 1. The van der Waals surface area contributed by atoms with Crippen LogP contribution in [0, 0.1) is 0 Å². The van der Waals surface area contributed by atoms with Gasteiger partial charge in [0.15, 0.2) is 0 Å². The zero-order valence-electron chi connectivity index (χ0n) is 15.7. The van der Waals surface area contributed by atoms with E-state index in [-0.39, 0.29) is 12.5 Å². The van der Waals surface area contributed by atoms with Gasteiger partial charge in [0.05, 0.1) is 24.6 Å². The number of hydrogen-bond acceptors (Lipinski definition) is 7. The number of fused-ring (bicyclic) bond motifs is 1. The van der Waals surface area contributed by atoms with Gasteiger partial charge in [-0.2, -0.15) is 0 Å². The Labute approximate surface area is 167 Å². The molecule has 8 heteroatoms. The number of methoxy groups -OCH3 is 1. The normalized spacial score (nSPS) is 13.3. The molecule has 1 aliphatic heterocycles. The Morgan fingerprint density at radius 1 is 1.29 bits per heavy atom. The topological polar surface area (TPSA) is 71.7 Å². The number of anilines is 1. The number of para-hydroxylation sites is 1. The highest BCUT2D eigenvalue weighted by atomic mass is 32.1. The Bertz CT molecular complexity index is 925. The molecule has 1 aliphatic rings. The van der Waals surface area contributed by atoms with Gasteiger partial charge < -0.3 is 14.1 Å². The van der Waals surface area contributed by atoms with Crippen molar-refractivity contribution in [1.82, 2.24) is 15.1 Å². The highest BCUT2D eigenvalue weighted by Crippen LogP contribution is 2.28. The number of benzene rings is 1. The lowest BCUT2D eigenvalue weighted by Crippen LogP contribution is -2.40. The largest absolute Gasteiger partial charge is 0.419 e. The third-order valence-electron chi connectivity index (χ3n) is 4.72. The Kier molecular flexibility index (Phi) is 5.80. The van der Waals surface area contributed by atoms with Gasteiger partial charge in [-0.15, -0.1) is 21.5 Å². The minimum atomic E-state index is 0.0686. The fourth-order valence-corrected chi connectivity index (χ4v) is 3.96. The van der Waals surface area contributed by atoms with Gasteiger partial charge >= 0.3 is 0 Å². The molecule has 1 aromatic carbocycles. The van der Waals surface area contributed by atoms with Crippen molar-refractivity contribution in [2.24, 2.45) is 0 Å². The standard InChI is InChI=1S/C20H22N4O3S/c1-26-11-10-23(13-18-21-22-20(27-18)17-7-4-12-28-17)14-19(25)24-9-8-15-5-2-3-6-16(15)24/h2-7,12H,8-11,13-14H2,1H3. The lowest BCUT2D eigenvalue weighted by atomic mass is 10.2. The third-order valence-corrected chi connectivity index (χ3v) is 5.57. The maximum Gasteiger partial charge on any atom is 0.257 e. The number of carbonyl (C=O) groups excluding carboxylic acids is 1. The molecule has 1 amide bonds. The van der Waals surface area contributed by atoms with Gasteiger partial charge in [-0.25, -0.2) is 0 Å². The van der Waals surface area contributed by atoms with Crippen LogP contribution in [0.4, 0.5) is 5.69 Å². The Balaban J connectivity index is 1.44. The van der Waals surface area contributed by atoms with Gasteiger partial charge in [-0.3, -0.25) is 9.69 Å². The fraction of sp³-hybridized carbons (Fsp3) is 0.350. The molecule has 28 heavy (non-hydrogen) atoms. The van der Waals surface area contributed by atoms with Crippen LogP contribution in [0.2, 0.25) is 0 Å². The van der Waals surface area contributed by atoms with E-state index in [0.717, 1.165) is 23.5 Å². The summed E-state index contributed by atoms with van der Waals surface area (Å²) >= 11 is 1.55. The zero-order valence-corrected chi connectivity index (χ0v) is 16.5. The average Bonchev–Trinajstić information content (AvgIpc) is 3.45. The second-order valence-corrected chi connectivity index (χ2v) is 7.55. The van der Waals surface area contributed by atoms with Crippen LogP contribution in [0.15, 0.2) is 46.2 Å². The molecule has 7 nitrogen and oxygen atoms in total. The zero-order chi connectivity index (χ0) is 19.3. The summed E-state index contributed by atoms with van der Waals surface area (Å²) in [6, 6.07) is 12.0. The highest BCUT2D eigenvalue weighted by Gasteiger charge is 2.26. The third kappa shape index (κ3) is 4.14. The quantitative estimate of drug-likeness (QED) is 0.581. The van der Waals surface area contributed by atoms with E-state index in [4.69, 9.17) is 9.15 Å². The van der Waals surface area contributed by atoms with Crippen LogP contribution in [0.1, 0.15) is 11.5 Å². The summed E-state index contributed by atoms with van der Waals surface area (Å²) in [5.74, 6) is 1.07. The molecule has 0 fully saturated rings. The molecule has 146 valence electrons. The minimum absolute atomic E-state index is 0.0686. The lowest BCUT2D eigenvalue weighted by molar-refractivity contribution is -0.120. The van der Waals surface area contributed by atoms with E-state index in [0.29, 0.717) is 31.5 Å². The van der Waals surface area contributed by atoms with Crippen LogP contribution < -0.4 is 4.90 Å². The molecule has 0 saturated carbocycles. The monoisotopic (exact) mass is 398 g/mol. The van der Waals surface area contributed by atoms with Crippen molar-refractivity contribution in [1.29, 1.82) is 0 Å². The van der Waals surface area contributed by atoms with Crippen molar-refractivity contribution < 1.29 is 13.9 Å². The molecule has 0 aliphatic carbocycles. The van der Waals surface area contributed by atoms with Gasteiger partial charge in [0.1, 0.15) is 0 Å². The summed E-state index contributed by atoms with van der Waals surface area (Å²) in [6.45, 7) is 2.53. The molecule has 0 N–H and O–H groups in total. The first-order chi connectivity index (χ1) is 13.7. The van der Waals surface area contributed by atoms with Crippen molar-refractivity contribution in [3.8, 4) is 10.8 Å². The number of amides is 1. The summed E-state index contributed by atoms with van der Waals surface area (Å²) in [7, 11) is 1.65. The molecule has 4 rings (SSSR count). The Morgan fingerprint density at radius 2 is 2.18 bits per heavy atom. The second kappa shape index (κ2) is 8.64. The van der Waals surface area contributed by atoms with E-state index in [1.807, 2.05) is 45.5 Å². The summed E-state index contributed by atoms with van der Waals surface area (Å²) in [6.07, 6.45) is 0.897. The number of rotatable bonds is 8. The fourth-order valence-electron chi connectivity index (χ4n) is 3.32. The van der Waals surface area contributed by atoms with Crippen LogP contribution in [-0.4, -0.2) is 54.4 Å². The number of ether oxygens (including phenoxy) is 1. The second-order valence-electron chi connectivity index (χ2n) is 6.61. The first-order valence-electron chi connectivity index (χ1n) is 9.20. The van der Waals surface area contributed by atoms with Crippen LogP contribution in [-0.2, 0) is 22.5 Å². The van der Waals surface area contributed by atoms with Crippen LogP contribution in [0.3, 0.4) is 0 Å². The van der Waals surface area contributed by atoms with Crippen molar-refractivity contribution in [3.63, 3.8) is 0 Å². The molecular weight excluding hydrogens is 376 g/mol. The van der Waals surface area contributed by atoms with E-state index in [1.165, 1.54) is 5.56 Å². The van der Waals surface area contributed by atoms with E-state index in [1.54, 1.807) is 18.4 Å². The number of carbonyl (C=O) groups is 1. The smallest absolute Gasteiger partial charge is 0.257 e. The van der Waals surface area contributed by atoms with Crippen LogP contribution in [0.25, 0.3) is 10.8 Å². The minimum Gasteiger partial charge on any atom is -0.419 e. The van der Waals surface area contributed by atoms with Gasteiger partial charge in [0.25, 0.3) is 5.89 Å². The number of hydrogen-bond donors (Lipinski definition) is 0. The Hall–Kier alpha value is -2.55. The first-order valence-corrected chi connectivity index (χ1v) is 10.1. The predicted octanol–water partition coefficient (Wildman–Crippen LogP) is 2.84. The molecule has 0 atom stereocenters. The summed E-state index contributed by atoms with van der Waals surface area (Å²) in [5.41, 5.74) is 2.23. The van der Waals surface area contributed by atoms with E-state index < -0.39 is 0 Å². The van der Waals surface area contributed by atoms with Gasteiger partial charge in [-0.05, 0) is 29.5 Å². The predicted molar refractivity (Wildman–Crippen MR) is 107 cm³/mol. The van der Waals surface area contributed by atoms with Gasteiger partial charge in [-0.1, -0.05) is 24.3 Å². The van der Waals surface area contributed by atoms with E-state index >= 15 is 0 Å². The maximum atomic E-state index is 12.9. The molecule has 0 radical (unpaired) electrons. The summed E-state index contributed by atoms with van der Waals surface area (Å²) < 4.78 is 11.0. The van der Waals surface area contributed by atoms with E-state index in [9.17, 15) is 4.79 Å². The van der Waals surface area contributed by atoms with Crippen molar-refractivity contribution in [2.45, 2.75) is 13.0 Å². The van der Waals surface area contributed by atoms with E-state index in [2.05, 4.69) is 16.3 Å². The van der Waals surface area contributed by atoms with Gasteiger partial charge in [0, 0.05) is 25.9 Å². The molecule has 0 saturated heterocycles. The molecule has 0 spiro atoms. The number of nitrogens with zero attached hydrogens (tertiary/aromatic N) is 4. The molecule has 3 heterocycles. The Morgan fingerprint density at radius 3 is 3.00 bits per heavy atom. The summed E-state index contributed by atoms with van der Waals surface area (Å²) in [4.78, 5) is 17.7. The molecule has 0 bridgehead atoms.